The summed E-state index contributed by atoms with van der Waals surface area (Å²) in [4.78, 5) is 38.7. The molecule has 0 aliphatic carbocycles. The van der Waals surface area contributed by atoms with E-state index in [1.807, 2.05) is 0 Å². The number of carbonyl (C=O) groups is 2. The second-order valence-electron chi connectivity index (χ2n) is 4.65. The second kappa shape index (κ2) is 7.18. The Labute approximate surface area is 140 Å². The Morgan fingerprint density at radius 2 is 1.88 bits per heavy atom. The summed E-state index contributed by atoms with van der Waals surface area (Å²) in [6, 6.07) is 6.62. The van der Waals surface area contributed by atoms with Crippen LogP contribution in [0.4, 0.5) is 15.8 Å². The third-order valence-corrected chi connectivity index (χ3v) is 4.01. The summed E-state index contributed by atoms with van der Waals surface area (Å²) in [5.74, 6) is -2.11. The summed E-state index contributed by atoms with van der Waals surface area (Å²) >= 11 is 0.808. The second-order valence-corrected chi connectivity index (χ2v) is 5.68. The molecule has 1 aromatic heterocycles. The first-order valence-electron chi connectivity index (χ1n) is 6.70. The van der Waals surface area contributed by atoms with Crippen molar-refractivity contribution in [1.29, 1.82) is 0 Å². The van der Waals surface area contributed by atoms with Crippen LogP contribution in [0.5, 0.6) is 0 Å². The number of pyridine rings is 1. The average Bonchev–Trinajstić information content (AvgIpc) is 2.50. The molecule has 24 heavy (non-hydrogen) atoms. The monoisotopic (exact) mass is 349 g/mol. The number of nitro groups is 1. The highest BCUT2D eigenvalue weighted by Crippen LogP contribution is 2.39. The smallest absolute Gasteiger partial charge is 0.274 e. The normalized spacial score (nSPS) is 10.3. The van der Waals surface area contributed by atoms with Crippen LogP contribution in [0.1, 0.15) is 13.8 Å². The fourth-order valence-corrected chi connectivity index (χ4v) is 3.04. The van der Waals surface area contributed by atoms with Gasteiger partial charge in [0, 0.05) is 31.0 Å². The zero-order valence-corrected chi connectivity index (χ0v) is 13.5. The van der Waals surface area contributed by atoms with E-state index in [0.29, 0.717) is 4.90 Å². The van der Waals surface area contributed by atoms with Gasteiger partial charge >= 0.3 is 5.69 Å². The van der Waals surface area contributed by atoms with E-state index in [9.17, 15) is 24.1 Å². The van der Waals surface area contributed by atoms with Crippen molar-refractivity contribution in [3.8, 4) is 0 Å². The van der Waals surface area contributed by atoms with Crippen molar-refractivity contribution in [2.45, 2.75) is 23.8 Å². The lowest BCUT2D eigenvalue weighted by atomic mass is 10.2. The summed E-state index contributed by atoms with van der Waals surface area (Å²) in [6.07, 6.45) is 1.36. The molecule has 2 rings (SSSR count). The minimum atomic E-state index is -0.788. The molecule has 0 unspecified atom stereocenters. The van der Waals surface area contributed by atoms with Gasteiger partial charge in [0.25, 0.3) is 0 Å². The molecule has 0 aliphatic heterocycles. The van der Waals surface area contributed by atoms with E-state index in [2.05, 4.69) is 4.98 Å². The molecule has 0 radical (unpaired) electrons. The lowest BCUT2D eigenvalue weighted by Crippen LogP contribution is -2.34. The predicted octanol–water partition coefficient (Wildman–Crippen LogP) is 3.18. The summed E-state index contributed by atoms with van der Waals surface area (Å²) in [6.45, 7) is 2.26. The Bertz CT molecular complexity index is 814. The van der Waals surface area contributed by atoms with E-state index in [1.165, 1.54) is 30.5 Å². The van der Waals surface area contributed by atoms with Gasteiger partial charge in [-0.05, 0) is 18.2 Å². The summed E-state index contributed by atoms with van der Waals surface area (Å²) in [7, 11) is 0. The van der Waals surface area contributed by atoms with E-state index in [4.69, 9.17) is 0 Å². The van der Waals surface area contributed by atoms with Crippen LogP contribution in [-0.2, 0) is 9.59 Å². The van der Waals surface area contributed by atoms with Gasteiger partial charge in [0.2, 0.25) is 11.8 Å². The molecule has 0 fully saturated rings. The Morgan fingerprint density at radius 1 is 1.21 bits per heavy atom. The summed E-state index contributed by atoms with van der Waals surface area (Å²) in [5, 5.41) is 11.1. The summed E-state index contributed by atoms with van der Waals surface area (Å²) < 4.78 is 14.3. The van der Waals surface area contributed by atoms with Gasteiger partial charge in [-0.15, -0.1) is 0 Å². The first-order valence-corrected chi connectivity index (χ1v) is 7.51. The van der Waals surface area contributed by atoms with Gasteiger partial charge in [0.15, 0.2) is 5.03 Å². The van der Waals surface area contributed by atoms with Crippen LogP contribution in [0.3, 0.4) is 0 Å². The first kappa shape index (κ1) is 17.5. The maximum absolute atomic E-state index is 14.3. The van der Waals surface area contributed by atoms with Crippen LogP contribution in [0, 0.1) is 15.9 Å². The molecule has 0 aliphatic rings. The molecule has 0 bridgehead atoms. The Balaban J connectivity index is 2.57. The number of rotatable bonds is 4. The fourth-order valence-electron chi connectivity index (χ4n) is 2.04. The highest BCUT2D eigenvalue weighted by Gasteiger charge is 2.25. The number of carbonyl (C=O) groups excluding carboxylic acids is 2. The minimum absolute atomic E-state index is 0.0291. The SMILES string of the molecule is CC(=O)N(C(C)=O)c1c(F)cccc1Sc1ncccc1[N+](=O)[O-]. The molecule has 124 valence electrons. The number of aromatic nitrogens is 1. The Kier molecular flexibility index (Phi) is 5.24. The summed E-state index contributed by atoms with van der Waals surface area (Å²) in [5.41, 5.74) is -0.502. The number of para-hydroxylation sites is 1. The zero-order valence-electron chi connectivity index (χ0n) is 12.7. The largest absolute Gasteiger partial charge is 0.301 e. The number of nitrogens with zero attached hydrogens (tertiary/aromatic N) is 3. The molecule has 7 nitrogen and oxygen atoms in total. The van der Waals surface area contributed by atoms with E-state index in [0.717, 1.165) is 31.7 Å². The topological polar surface area (TPSA) is 93.4 Å². The number of anilines is 1. The molecular formula is C15H12FN3O4S. The van der Waals surface area contributed by atoms with Crippen molar-refractivity contribution in [2.75, 3.05) is 4.90 Å². The lowest BCUT2D eigenvalue weighted by Gasteiger charge is -2.20. The zero-order chi connectivity index (χ0) is 17.9. The number of hydrogen-bond acceptors (Lipinski definition) is 6. The maximum atomic E-state index is 14.3. The molecule has 0 saturated heterocycles. The van der Waals surface area contributed by atoms with Crippen molar-refractivity contribution in [3.63, 3.8) is 0 Å². The molecular weight excluding hydrogens is 337 g/mol. The molecule has 1 heterocycles. The number of hydrogen-bond donors (Lipinski definition) is 0. The van der Waals surface area contributed by atoms with Crippen molar-refractivity contribution < 1.29 is 18.9 Å². The van der Waals surface area contributed by atoms with E-state index >= 15 is 0 Å². The molecule has 0 saturated carbocycles. The van der Waals surface area contributed by atoms with Gasteiger partial charge < -0.3 is 0 Å². The van der Waals surface area contributed by atoms with Gasteiger partial charge in [-0.3, -0.25) is 19.7 Å². The van der Waals surface area contributed by atoms with Crippen molar-refractivity contribution >= 4 is 35.0 Å². The van der Waals surface area contributed by atoms with Gasteiger partial charge in [0.1, 0.15) is 11.5 Å². The van der Waals surface area contributed by atoms with Gasteiger partial charge in [-0.2, -0.15) is 0 Å². The average molecular weight is 349 g/mol. The molecule has 0 N–H and O–H groups in total. The van der Waals surface area contributed by atoms with Crippen LogP contribution in [0.25, 0.3) is 0 Å². The highest BCUT2D eigenvalue weighted by molar-refractivity contribution is 7.99. The lowest BCUT2D eigenvalue weighted by molar-refractivity contribution is -0.388. The van der Waals surface area contributed by atoms with E-state index < -0.39 is 22.6 Å². The number of halogens is 1. The van der Waals surface area contributed by atoms with Crippen LogP contribution in [-0.4, -0.2) is 21.7 Å². The van der Waals surface area contributed by atoms with E-state index in [-0.39, 0.29) is 21.3 Å². The standard InChI is InChI=1S/C15H12FN3O4S/c1-9(20)18(10(2)21)14-11(16)5-3-7-13(14)24-15-12(19(22)23)6-4-8-17-15/h3-8H,1-2H3. The number of amides is 2. The minimum Gasteiger partial charge on any atom is -0.274 e. The van der Waals surface area contributed by atoms with Crippen molar-refractivity contribution in [2.24, 2.45) is 0 Å². The number of benzene rings is 1. The molecule has 2 aromatic rings. The van der Waals surface area contributed by atoms with Crippen molar-refractivity contribution in [3.05, 3.63) is 52.5 Å². The van der Waals surface area contributed by atoms with Crippen LogP contribution < -0.4 is 4.90 Å². The predicted molar refractivity (Wildman–Crippen MR) is 85.3 cm³/mol. The third kappa shape index (κ3) is 3.57. The third-order valence-electron chi connectivity index (χ3n) is 2.96. The van der Waals surface area contributed by atoms with Gasteiger partial charge in [0.05, 0.1) is 4.92 Å². The van der Waals surface area contributed by atoms with Gasteiger partial charge in [-0.1, -0.05) is 17.8 Å². The van der Waals surface area contributed by atoms with Gasteiger partial charge in [-0.25, -0.2) is 14.3 Å². The fraction of sp³-hybridized carbons (Fsp3) is 0.133. The van der Waals surface area contributed by atoms with E-state index in [1.54, 1.807) is 0 Å². The highest BCUT2D eigenvalue weighted by atomic mass is 32.2. The molecule has 0 atom stereocenters. The molecule has 0 spiro atoms. The first-order chi connectivity index (χ1) is 11.3. The number of imide groups is 1. The molecule has 2 amide bonds. The molecule has 1 aromatic carbocycles. The Hall–Kier alpha value is -2.81. The quantitative estimate of drug-likeness (QED) is 0.622. The molecule has 9 heteroatoms. The van der Waals surface area contributed by atoms with Crippen LogP contribution >= 0.6 is 11.8 Å². The Morgan fingerprint density at radius 3 is 2.46 bits per heavy atom. The van der Waals surface area contributed by atoms with Crippen molar-refractivity contribution in [1.82, 2.24) is 4.98 Å². The van der Waals surface area contributed by atoms with Crippen LogP contribution in [0.15, 0.2) is 46.5 Å². The maximum Gasteiger partial charge on any atom is 0.301 e. The van der Waals surface area contributed by atoms with Crippen LogP contribution in [0.2, 0.25) is 0 Å².